The summed E-state index contributed by atoms with van der Waals surface area (Å²) in [6.45, 7) is 0.336. The van der Waals surface area contributed by atoms with Crippen molar-refractivity contribution in [2.45, 2.75) is 12.8 Å². The van der Waals surface area contributed by atoms with Crippen molar-refractivity contribution < 1.29 is 13.5 Å². The van der Waals surface area contributed by atoms with Crippen molar-refractivity contribution in [1.29, 1.82) is 5.26 Å². The molecule has 106 valence electrons. The van der Waals surface area contributed by atoms with E-state index < -0.39 is 11.6 Å². The highest BCUT2D eigenvalue weighted by Crippen LogP contribution is 2.32. The Kier molecular flexibility index (Phi) is 4.79. The summed E-state index contributed by atoms with van der Waals surface area (Å²) in [7, 11) is 0. The first kappa shape index (κ1) is 14.6. The fourth-order valence-corrected chi connectivity index (χ4v) is 1.87. The van der Waals surface area contributed by atoms with Gasteiger partial charge in [0.15, 0.2) is 28.7 Å². The van der Waals surface area contributed by atoms with Crippen LogP contribution in [0, 0.1) is 29.0 Å². The average Bonchev–Trinajstić information content (AvgIpc) is 3.21. The van der Waals surface area contributed by atoms with Gasteiger partial charge in [-0.3, -0.25) is 5.32 Å². The normalized spacial score (nSPS) is 14.8. The molecular weight excluding hydrogens is 284 g/mol. The largest absolute Gasteiger partial charge is 0.487 e. The minimum Gasteiger partial charge on any atom is -0.487 e. The minimum atomic E-state index is -0.790. The molecule has 1 N–H and O–H groups in total. The van der Waals surface area contributed by atoms with Crippen LogP contribution in [0.1, 0.15) is 12.8 Å². The van der Waals surface area contributed by atoms with Gasteiger partial charge in [-0.1, -0.05) is 11.8 Å². The van der Waals surface area contributed by atoms with Gasteiger partial charge in [0.2, 0.25) is 0 Å². The van der Waals surface area contributed by atoms with Crippen molar-refractivity contribution >= 4 is 22.6 Å². The van der Waals surface area contributed by atoms with Gasteiger partial charge in [-0.2, -0.15) is 5.26 Å². The number of amidine groups is 1. The highest BCUT2D eigenvalue weighted by atomic mass is 32.2. The number of thioether (sulfide) groups is 1. The van der Waals surface area contributed by atoms with Gasteiger partial charge in [-0.25, -0.2) is 13.8 Å². The number of benzene rings is 1. The monoisotopic (exact) mass is 297 g/mol. The molecule has 0 aromatic heterocycles. The van der Waals surface area contributed by atoms with Crippen LogP contribution < -0.4 is 10.1 Å². The van der Waals surface area contributed by atoms with E-state index in [1.54, 1.807) is 12.4 Å². The molecule has 0 spiro atoms. The first-order valence-electron chi connectivity index (χ1n) is 6.03. The third-order valence-electron chi connectivity index (χ3n) is 2.73. The maximum absolute atomic E-state index is 13.8. The number of nitrogens with one attached hydrogen (secondary N) is 1. The predicted octanol–water partition coefficient (Wildman–Crippen LogP) is 3.17. The smallest absolute Gasteiger partial charge is 0.190 e. The molecule has 0 unspecified atom stereocenters. The molecule has 1 saturated carbocycles. The maximum Gasteiger partial charge on any atom is 0.190 e. The van der Waals surface area contributed by atoms with Crippen LogP contribution in [0.25, 0.3) is 0 Å². The summed E-state index contributed by atoms with van der Waals surface area (Å²) >= 11 is 1.17. The van der Waals surface area contributed by atoms with Crippen molar-refractivity contribution in [3.63, 3.8) is 0 Å². The molecule has 0 bridgehead atoms. The van der Waals surface area contributed by atoms with Gasteiger partial charge in [0.25, 0.3) is 0 Å². The zero-order valence-corrected chi connectivity index (χ0v) is 11.6. The Morgan fingerprint density at radius 3 is 2.65 bits per heavy atom. The van der Waals surface area contributed by atoms with Crippen LogP contribution in [-0.4, -0.2) is 18.0 Å². The zero-order chi connectivity index (χ0) is 14.5. The summed E-state index contributed by atoms with van der Waals surface area (Å²) in [5, 5.41) is 11.1. The lowest BCUT2D eigenvalue weighted by molar-refractivity contribution is 0.270. The highest BCUT2D eigenvalue weighted by Gasteiger charge is 2.23. The van der Waals surface area contributed by atoms with Gasteiger partial charge in [-0.05, 0) is 25.0 Å². The lowest BCUT2D eigenvalue weighted by Crippen LogP contribution is -2.12. The van der Waals surface area contributed by atoms with E-state index in [0.29, 0.717) is 12.5 Å². The molecular formula is C13H13F2N3OS. The summed E-state index contributed by atoms with van der Waals surface area (Å²) in [6, 6.07) is 2.17. The fraction of sp³-hybridized carbons (Fsp3) is 0.385. The molecule has 0 amide bonds. The van der Waals surface area contributed by atoms with Crippen LogP contribution in [0.15, 0.2) is 17.1 Å². The predicted molar refractivity (Wildman–Crippen MR) is 73.9 cm³/mol. The lowest BCUT2D eigenvalue weighted by atomic mass is 10.3. The first-order valence-corrected chi connectivity index (χ1v) is 7.26. The number of halogens is 2. The highest BCUT2D eigenvalue weighted by molar-refractivity contribution is 8.13. The lowest BCUT2D eigenvalue weighted by Gasteiger charge is -2.08. The Morgan fingerprint density at radius 2 is 2.15 bits per heavy atom. The van der Waals surface area contributed by atoms with E-state index in [4.69, 9.17) is 10.00 Å². The van der Waals surface area contributed by atoms with E-state index in [0.717, 1.165) is 25.0 Å². The Balaban J connectivity index is 2.17. The average molecular weight is 297 g/mol. The van der Waals surface area contributed by atoms with Gasteiger partial charge in [0, 0.05) is 12.1 Å². The van der Waals surface area contributed by atoms with Crippen LogP contribution in [0.3, 0.4) is 0 Å². The Hall–Kier alpha value is -1.81. The number of aliphatic imine (C=N–C) groups is 1. The second-order valence-electron chi connectivity index (χ2n) is 4.35. The number of rotatable bonds is 4. The number of ether oxygens (including phenoxy) is 1. The molecule has 1 aliphatic rings. The van der Waals surface area contributed by atoms with Crippen LogP contribution >= 0.6 is 11.8 Å². The summed E-state index contributed by atoms with van der Waals surface area (Å²) in [6.07, 6.45) is 5.49. The SMILES string of the molecule is CSC(=Nc1cc(F)c(OCC2CC2)c(F)c1)NC#N. The van der Waals surface area contributed by atoms with E-state index in [1.165, 1.54) is 11.8 Å². The molecule has 1 aromatic carbocycles. The van der Waals surface area contributed by atoms with Crippen molar-refractivity contribution in [3.05, 3.63) is 23.8 Å². The van der Waals surface area contributed by atoms with Crippen LogP contribution in [0.5, 0.6) is 5.75 Å². The third kappa shape index (κ3) is 3.84. The number of nitriles is 1. The molecule has 2 rings (SSSR count). The van der Waals surface area contributed by atoms with Gasteiger partial charge < -0.3 is 4.74 Å². The van der Waals surface area contributed by atoms with Crippen molar-refractivity contribution in [2.24, 2.45) is 10.9 Å². The third-order valence-corrected chi connectivity index (χ3v) is 3.31. The number of hydrogen-bond acceptors (Lipinski definition) is 4. The van der Waals surface area contributed by atoms with E-state index in [-0.39, 0.29) is 16.6 Å². The molecule has 1 aromatic rings. The molecule has 0 saturated heterocycles. The molecule has 20 heavy (non-hydrogen) atoms. The Morgan fingerprint density at radius 1 is 1.50 bits per heavy atom. The van der Waals surface area contributed by atoms with Gasteiger partial charge in [-0.15, -0.1) is 0 Å². The zero-order valence-electron chi connectivity index (χ0n) is 10.8. The van der Waals surface area contributed by atoms with Gasteiger partial charge >= 0.3 is 0 Å². The van der Waals surface area contributed by atoms with E-state index >= 15 is 0 Å². The topological polar surface area (TPSA) is 57.4 Å². The molecule has 1 fully saturated rings. The first-order chi connectivity index (χ1) is 9.63. The van der Waals surface area contributed by atoms with Crippen molar-refractivity contribution in [3.8, 4) is 11.9 Å². The molecule has 4 nitrogen and oxygen atoms in total. The summed E-state index contributed by atoms with van der Waals surface area (Å²) < 4.78 is 32.7. The summed E-state index contributed by atoms with van der Waals surface area (Å²) in [4.78, 5) is 3.95. The number of hydrogen-bond donors (Lipinski definition) is 1. The van der Waals surface area contributed by atoms with Crippen molar-refractivity contribution in [1.82, 2.24) is 5.32 Å². The second kappa shape index (κ2) is 6.57. The fourth-order valence-electron chi connectivity index (χ4n) is 1.52. The van der Waals surface area contributed by atoms with Gasteiger partial charge in [0.1, 0.15) is 0 Å². The molecule has 0 aliphatic heterocycles. The molecule has 0 radical (unpaired) electrons. The van der Waals surface area contributed by atoms with Crippen LogP contribution in [-0.2, 0) is 0 Å². The van der Waals surface area contributed by atoms with Crippen LogP contribution in [0.2, 0.25) is 0 Å². The number of nitrogens with zero attached hydrogens (tertiary/aromatic N) is 2. The van der Waals surface area contributed by atoms with Gasteiger partial charge in [0.05, 0.1) is 12.3 Å². The Bertz CT molecular complexity index is 544. The standard InChI is InChI=1S/C13H13F2N3OS/c1-20-13(17-7-16)18-9-4-10(14)12(11(15)5-9)19-6-8-2-3-8/h4-5,8H,2-3,6H2,1H3,(H,17,18). The van der Waals surface area contributed by atoms with E-state index in [9.17, 15) is 8.78 Å². The second-order valence-corrected chi connectivity index (χ2v) is 5.15. The molecule has 7 heteroatoms. The van der Waals surface area contributed by atoms with E-state index in [2.05, 4.69) is 10.3 Å². The quantitative estimate of drug-likeness (QED) is 0.401. The maximum atomic E-state index is 13.8. The molecule has 1 aliphatic carbocycles. The van der Waals surface area contributed by atoms with Crippen molar-refractivity contribution in [2.75, 3.05) is 12.9 Å². The van der Waals surface area contributed by atoms with Crippen LogP contribution in [0.4, 0.5) is 14.5 Å². The Labute approximate surface area is 119 Å². The summed E-state index contributed by atoms with van der Waals surface area (Å²) in [5.41, 5.74) is 0.0888. The molecule has 0 atom stereocenters. The molecule has 0 heterocycles. The summed E-state index contributed by atoms with van der Waals surface area (Å²) in [5.74, 6) is -1.53. The minimum absolute atomic E-state index is 0.0888. The van der Waals surface area contributed by atoms with E-state index in [1.807, 2.05) is 0 Å².